The molecule has 0 aliphatic heterocycles. The third-order valence-electron chi connectivity index (χ3n) is 3.03. The molecule has 0 atom stereocenters. The van der Waals surface area contributed by atoms with Gasteiger partial charge in [0.25, 0.3) is 5.91 Å². The SMILES string of the molecule is CCOC(=O)/C(C#N)=C1/C(C(N)=O)=C(O)c2ccccc21. The van der Waals surface area contributed by atoms with Gasteiger partial charge in [0, 0.05) is 11.1 Å². The van der Waals surface area contributed by atoms with Crippen molar-refractivity contribution in [3.63, 3.8) is 0 Å². The third kappa shape index (κ3) is 2.25. The Labute approximate surface area is 120 Å². The van der Waals surface area contributed by atoms with Crippen molar-refractivity contribution < 1.29 is 19.4 Å². The Morgan fingerprint density at radius 3 is 2.48 bits per heavy atom. The number of nitrogens with two attached hydrogens (primary N) is 1. The van der Waals surface area contributed by atoms with Crippen LogP contribution in [0.5, 0.6) is 0 Å². The lowest BCUT2D eigenvalue weighted by atomic mass is 9.97. The van der Waals surface area contributed by atoms with Gasteiger partial charge in [-0.25, -0.2) is 4.79 Å². The smallest absolute Gasteiger partial charge is 0.349 e. The van der Waals surface area contributed by atoms with Gasteiger partial charge in [0.2, 0.25) is 0 Å². The van der Waals surface area contributed by atoms with Gasteiger partial charge in [0.1, 0.15) is 17.4 Å². The first-order chi connectivity index (χ1) is 10.0. The highest BCUT2D eigenvalue weighted by Gasteiger charge is 2.34. The van der Waals surface area contributed by atoms with Gasteiger partial charge in [-0.15, -0.1) is 0 Å². The second kappa shape index (κ2) is 5.51. The van der Waals surface area contributed by atoms with Crippen LogP contribution in [0.25, 0.3) is 11.3 Å². The number of aliphatic hydroxyl groups excluding tert-OH is 1. The van der Waals surface area contributed by atoms with E-state index in [1.165, 1.54) is 0 Å². The van der Waals surface area contributed by atoms with Gasteiger partial charge in [0.05, 0.1) is 12.2 Å². The zero-order chi connectivity index (χ0) is 15.6. The first kappa shape index (κ1) is 14.3. The van der Waals surface area contributed by atoms with E-state index in [1.807, 2.05) is 0 Å². The molecule has 21 heavy (non-hydrogen) atoms. The molecule has 0 bridgehead atoms. The van der Waals surface area contributed by atoms with Crippen LogP contribution in [0, 0.1) is 11.3 Å². The minimum absolute atomic E-state index is 0.0107. The van der Waals surface area contributed by atoms with Gasteiger partial charge < -0.3 is 15.6 Å². The molecule has 1 aliphatic carbocycles. The molecule has 1 aromatic carbocycles. The molecule has 0 heterocycles. The number of ether oxygens (including phenoxy) is 1. The summed E-state index contributed by atoms with van der Waals surface area (Å²) in [6.45, 7) is 1.68. The summed E-state index contributed by atoms with van der Waals surface area (Å²) in [6, 6.07) is 8.21. The lowest BCUT2D eigenvalue weighted by molar-refractivity contribution is -0.137. The molecule has 0 spiro atoms. The minimum Gasteiger partial charge on any atom is -0.506 e. The molecule has 0 radical (unpaired) electrons. The summed E-state index contributed by atoms with van der Waals surface area (Å²) in [6.07, 6.45) is 0. The van der Waals surface area contributed by atoms with E-state index < -0.39 is 11.9 Å². The quantitative estimate of drug-likeness (QED) is 0.493. The number of esters is 1. The van der Waals surface area contributed by atoms with E-state index in [0.717, 1.165) is 0 Å². The van der Waals surface area contributed by atoms with Crippen LogP contribution in [0.4, 0.5) is 0 Å². The van der Waals surface area contributed by atoms with E-state index in [4.69, 9.17) is 10.5 Å². The molecule has 106 valence electrons. The lowest BCUT2D eigenvalue weighted by Gasteiger charge is -2.07. The van der Waals surface area contributed by atoms with E-state index >= 15 is 0 Å². The topological polar surface area (TPSA) is 113 Å². The minimum atomic E-state index is -0.921. The zero-order valence-corrected chi connectivity index (χ0v) is 11.2. The van der Waals surface area contributed by atoms with E-state index in [0.29, 0.717) is 11.1 Å². The predicted molar refractivity (Wildman–Crippen MR) is 74.4 cm³/mol. The van der Waals surface area contributed by atoms with Crippen LogP contribution in [0.15, 0.2) is 35.4 Å². The Kier molecular flexibility index (Phi) is 3.76. The highest BCUT2D eigenvalue weighted by atomic mass is 16.5. The summed E-state index contributed by atoms with van der Waals surface area (Å²) in [5.74, 6) is -2.13. The second-order valence-electron chi connectivity index (χ2n) is 4.22. The molecule has 0 saturated heterocycles. The summed E-state index contributed by atoms with van der Waals surface area (Å²) in [7, 11) is 0. The fourth-order valence-electron chi connectivity index (χ4n) is 2.20. The lowest BCUT2D eigenvalue weighted by Crippen LogP contribution is -2.17. The van der Waals surface area contributed by atoms with Gasteiger partial charge in [-0.1, -0.05) is 24.3 Å². The van der Waals surface area contributed by atoms with E-state index in [2.05, 4.69) is 0 Å². The number of primary amides is 1. The number of hydrogen-bond acceptors (Lipinski definition) is 5. The first-order valence-corrected chi connectivity index (χ1v) is 6.17. The van der Waals surface area contributed by atoms with E-state index in [-0.39, 0.29) is 29.1 Å². The van der Waals surface area contributed by atoms with E-state index in [9.17, 15) is 20.0 Å². The molecular formula is C15H12N2O4. The maximum atomic E-state index is 11.9. The van der Waals surface area contributed by atoms with E-state index in [1.54, 1.807) is 37.3 Å². The molecule has 3 N–H and O–H groups in total. The number of nitriles is 1. The number of nitrogens with zero attached hydrogens (tertiary/aromatic N) is 1. The highest BCUT2D eigenvalue weighted by molar-refractivity contribution is 6.23. The molecule has 1 amide bonds. The molecule has 6 nitrogen and oxygen atoms in total. The summed E-state index contributed by atoms with van der Waals surface area (Å²) in [4.78, 5) is 23.5. The van der Waals surface area contributed by atoms with Crippen LogP contribution in [-0.2, 0) is 14.3 Å². The molecular weight excluding hydrogens is 272 g/mol. The number of rotatable bonds is 3. The predicted octanol–water partition coefficient (Wildman–Crippen LogP) is 1.29. The number of carbonyl (C=O) groups is 2. The Hall–Kier alpha value is -3.07. The summed E-state index contributed by atoms with van der Waals surface area (Å²) >= 11 is 0. The number of benzene rings is 1. The maximum absolute atomic E-state index is 11.9. The average Bonchev–Trinajstić information content (AvgIpc) is 2.74. The molecule has 1 aliphatic rings. The van der Waals surface area contributed by atoms with Crippen LogP contribution in [0.3, 0.4) is 0 Å². The van der Waals surface area contributed by atoms with Crippen molar-refractivity contribution in [3.05, 3.63) is 46.5 Å². The number of hydrogen-bond donors (Lipinski definition) is 2. The Balaban J connectivity index is 2.79. The van der Waals surface area contributed by atoms with Crippen LogP contribution in [-0.4, -0.2) is 23.6 Å². The number of fused-ring (bicyclic) bond motifs is 1. The van der Waals surface area contributed by atoms with Gasteiger partial charge in [-0.05, 0) is 12.5 Å². The van der Waals surface area contributed by atoms with Crippen molar-refractivity contribution in [2.45, 2.75) is 6.92 Å². The summed E-state index contributed by atoms with van der Waals surface area (Å²) < 4.78 is 4.81. The molecule has 6 heteroatoms. The van der Waals surface area contributed by atoms with Crippen molar-refractivity contribution in [2.75, 3.05) is 6.61 Å². The standard InChI is InChI=1S/C15H12N2O4/c1-2-21-15(20)10(7-16)11-8-5-3-4-6-9(8)13(18)12(11)14(17)19/h3-6,18H,2H2,1H3,(H2,17,19)/b11-10+. The van der Waals surface area contributed by atoms with Crippen molar-refractivity contribution in [1.29, 1.82) is 5.26 Å². The first-order valence-electron chi connectivity index (χ1n) is 6.17. The molecule has 2 rings (SSSR count). The Bertz CT molecular complexity index is 738. The number of carbonyl (C=O) groups excluding carboxylic acids is 2. The van der Waals surface area contributed by atoms with Crippen LogP contribution < -0.4 is 5.73 Å². The zero-order valence-electron chi connectivity index (χ0n) is 11.2. The van der Waals surface area contributed by atoms with Gasteiger partial charge in [-0.2, -0.15) is 5.26 Å². The molecule has 1 aromatic rings. The molecule has 0 fully saturated rings. The summed E-state index contributed by atoms with van der Waals surface area (Å²) in [5.41, 5.74) is 5.42. The fourth-order valence-corrected chi connectivity index (χ4v) is 2.20. The second-order valence-corrected chi connectivity index (χ2v) is 4.22. The van der Waals surface area contributed by atoms with Gasteiger partial charge >= 0.3 is 5.97 Å². The van der Waals surface area contributed by atoms with Gasteiger partial charge in [0.15, 0.2) is 0 Å². The molecule has 0 saturated carbocycles. The Morgan fingerprint density at radius 2 is 1.95 bits per heavy atom. The van der Waals surface area contributed by atoms with Crippen molar-refractivity contribution in [3.8, 4) is 6.07 Å². The van der Waals surface area contributed by atoms with Crippen LogP contribution >= 0.6 is 0 Å². The van der Waals surface area contributed by atoms with Gasteiger partial charge in [-0.3, -0.25) is 4.79 Å². The fraction of sp³-hybridized carbons (Fsp3) is 0.133. The summed E-state index contributed by atoms with van der Waals surface area (Å²) in [5, 5.41) is 19.4. The third-order valence-corrected chi connectivity index (χ3v) is 3.03. The van der Waals surface area contributed by atoms with Crippen molar-refractivity contribution in [1.82, 2.24) is 0 Å². The Morgan fingerprint density at radius 1 is 1.33 bits per heavy atom. The molecule has 0 aromatic heterocycles. The van der Waals surface area contributed by atoms with Crippen molar-refractivity contribution in [2.24, 2.45) is 5.73 Å². The number of aliphatic hydroxyl groups is 1. The van der Waals surface area contributed by atoms with Crippen LogP contribution in [0.2, 0.25) is 0 Å². The highest BCUT2D eigenvalue weighted by Crippen LogP contribution is 2.41. The maximum Gasteiger partial charge on any atom is 0.349 e. The average molecular weight is 284 g/mol. The number of amides is 1. The largest absolute Gasteiger partial charge is 0.506 e. The normalized spacial score (nSPS) is 15.2. The molecule has 0 unspecified atom stereocenters. The monoisotopic (exact) mass is 284 g/mol. The van der Waals surface area contributed by atoms with Crippen molar-refractivity contribution >= 4 is 23.2 Å². The van der Waals surface area contributed by atoms with Crippen LogP contribution in [0.1, 0.15) is 18.1 Å².